The van der Waals surface area contributed by atoms with Crippen LogP contribution in [0.15, 0.2) is 42.5 Å². The van der Waals surface area contributed by atoms with E-state index in [1.807, 2.05) is 49.4 Å². The zero-order valence-corrected chi connectivity index (χ0v) is 14.1. The maximum Gasteiger partial charge on any atom is 0.255 e. The number of hydrogen-bond donors (Lipinski definition) is 1. The average Bonchev–Trinajstić information content (AvgIpc) is 2.56. The molecule has 1 fully saturated rings. The van der Waals surface area contributed by atoms with Crippen LogP contribution in [0.1, 0.15) is 35.2 Å². The van der Waals surface area contributed by atoms with E-state index in [1.165, 1.54) is 19.3 Å². The quantitative estimate of drug-likeness (QED) is 0.870. The molecule has 0 aliphatic carbocycles. The van der Waals surface area contributed by atoms with Crippen molar-refractivity contribution < 1.29 is 4.79 Å². The number of nitrogens with zero attached hydrogens (tertiary/aromatic N) is 1. The summed E-state index contributed by atoms with van der Waals surface area (Å²) in [7, 11) is 0. The molecule has 1 saturated heterocycles. The Morgan fingerprint density at radius 3 is 2.61 bits per heavy atom. The van der Waals surface area contributed by atoms with Gasteiger partial charge in [-0.3, -0.25) is 4.79 Å². The molecule has 3 nitrogen and oxygen atoms in total. The van der Waals surface area contributed by atoms with Gasteiger partial charge in [-0.15, -0.1) is 0 Å². The predicted octanol–water partition coefficient (Wildman–Crippen LogP) is 4.89. The highest BCUT2D eigenvalue weighted by molar-refractivity contribution is 6.31. The van der Waals surface area contributed by atoms with E-state index in [0.29, 0.717) is 10.6 Å². The summed E-state index contributed by atoms with van der Waals surface area (Å²) in [5, 5.41) is 3.66. The third kappa shape index (κ3) is 3.85. The van der Waals surface area contributed by atoms with Crippen LogP contribution in [0.3, 0.4) is 0 Å². The first-order valence-electron chi connectivity index (χ1n) is 8.06. The Morgan fingerprint density at radius 2 is 1.87 bits per heavy atom. The lowest BCUT2D eigenvalue weighted by atomic mass is 10.1. The Labute approximate surface area is 142 Å². The van der Waals surface area contributed by atoms with Crippen molar-refractivity contribution in [3.8, 4) is 0 Å². The maximum absolute atomic E-state index is 12.5. The molecule has 0 aromatic heterocycles. The molecule has 0 saturated carbocycles. The van der Waals surface area contributed by atoms with Crippen LogP contribution in [-0.2, 0) is 0 Å². The van der Waals surface area contributed by atoms with Crippen molar-refractivity contribution in [2.24, 2.45) is 0 Å². The van der Waals surface area contributed by atoms with E-state index in [4.69, 9.17) is 11.6 Å². The van der Waals surface area contributed by atoms with Crippen LogP contribution in [0.4, 0.5) is 11.4 Å². The van der Waals surface area contributed by atoms with Crippen LogP contribution in [0.25, 0.3) is 0 Å². The van der Waals surface area contributed by atoms with Crippen molar-refractivity contribution in [3.05, 3.63) is 58.6 Å². The molecular weight excluding hydrogens is 308 g/mol. The largest absolute Gasteiger partial charge is 0.370 e. The molecular formula is C19H21ClN2O. The number of benzene rings is 2. The summed E-state index contributed by atoms with van der Waals surface area (Å²) in [6.07, 6.45) is 3.65. The molecule has 1 N–H and O–H groups in total. The molecule has 0 unspecified atom stereocenters. The van der Waals surface area contributed by atoms with Gasteiger partial charge in [0.25, 0.3) is 5.91 Å². The topological polar surface area (TPSA) is 32.3 Å². The number of rotatable bonds is 3. The lowest BCUT2D eigenvalue weighted by molar-refractivity contribution is 0.102. The van der Waals surface area contributed by atoms with Crippen molar-refractivity contribution in [3.63, 3.8) is 0 Å². The summed E-state index contributed by atoms with van der Waals surface area (Å²) in [5.74, 6) is -0.103. The molecule has 120 valence electrons. The standard InChI is InChI=1S/C19H21ClN2O/c1-14-6-5-7-15(12-14)19(23)21-17-13-16(20)8-9-18(17)22-10-3-2-4-11-22/h5-9,12-13H,2-4,10-11H2,1H3,(H,21,23). The van der Waals surface area contributed by atoms with Gasteiger partial charge in [-0.25, -0.2) is 0 Å². The fourth-order valence-electron chi connectivity index (χ4n) is 3.00. The second kappa shape index (κ2) is 7.05. The molecule has 23 heavy (non-hydrogen) atoms. The molecule has 0 atom stereocenters. The number of carbonyl (C=O) groups excluding carboxylic acids is 1. The average molecular weight is 329 g/mol. The lowest BCUT2D eigenvalue weighted by Gasteiger charge is -2.30. The van der Waals surface area contributed by atoms with Crippen molar-refractivity contribution >= 4 is 28.9 Å². The van der Waals surface area contributed by atoms with Gasteiger partial charge in [0.2, 0.25) is 0 Å². The summed E-state index contributed by atoms with van der Waals surface area (Å²) < 4.78 is 0. The Bertz CT molecular complexity index is 708. The van der Waals surface area contributed by atoms with E-state index < -0.39 is 0 Å². The molecule has 3 rings (SSSR count). The van der Waals surface area contributed by atoms with Crippen molar-refractivity contribution in [2.75, 3.05) is 23.3 Å². The number of halogens is 1. The minimum absolute atomic E-state index is 0.103. The number of anilines is 2. The van der Waals surface area contributed by atoms with Crippen LogP contribution >= 0.6 is 11.6 Å². The van der Waals surface area contributed by atoms with Crippen molar-refractivity contribution in [1.82, 2.24) is 0 Å². The first-order valence-corrected chi connectivity index (χ1v) is 8.44. The number of aryl methyl sites for hydroxylation is 1. The molecule has 1 aliphatic heterocycles. The normalized spacial score (nSPS) is 14.6. The number of carbonyl (C=O) groups is 1. The molecule has 1 amide bonds. The summed E-state index contributed by atoms with van der Waals surface area (Å²) in [6.45, 7) is 4.03. The predicted molar refractivity (Wildman–Crippen MR) is 96.6 cm³/mol. The number of amides is 1. The van der Waals surface area contributed by atoms with Gasteiger partial charge in [0.05, 0.1) is 11.4 Å². The smallest absolute Gasteiger partial charge is 0.255 e. The van der Waals surface area contributed by atoms with Gasteiger partial charge in [-0.1, -0.05) is 29.3 Å². The molecule has 4 heteroatoms. The van der Waals surface area contributed by atoms with Crippen molar-refractivity contribution in [2.45, 2.75) is 26.2 Å². The maximum atomic E-state index is 12.5. The van der Waals surface area contributed by atoms with Crippen LogP contribution in [0, 0.1) is 6.92 Å². The second-order valence-electron chi connectivity index (χ2n) is 6.03. The van der Waals surface area contributed by atoms with Crippen LogP contribution in [0.5, 0.6) is 0 Å². The van der Waals surface area contributed by atoms with E-state index >= 15 is 0 Å². The minimum Gasteiger partial charge on any atom is -0.370 e. The fraction of sp³-hybridized carbons (Fsp3) is 0.316. The summed E-state index contributed by atoms with van der Waals surface area (Å²) >= 11 is 6.14. The fourth-order valence-corrected chi connectivity index (χ4v) is 3.17. The first-order chi connectivity index (χ1) is 11.1. The SMILES string of the molecule is Cc1cccc(C(=O)Nc2cc(Cl)ccc2N2CCCCC2)c1. The van der Waals surface area contributed by atoms with Crippen LogP contribution < -0.4 is 10.2 Å². The van der Waals surface area contributed by atoms with E-state index in [9.17, 15) is 4.79 Å². The molecule has 2 aromatic rings. The lowest BCUT2D eigenvalue weighted by Crippen LogP contribution is -2.30. The van der Waals surface area contributed by atoms with Gasteiger partial charge < -0.3 is 10.2 Å². The Morgan fingerprint density at radius 1 is 1.09 bits per heavy atom. The highest BCUT2D eigenvalue weighted by atomic mass is 35.5. The van der Waals surface area contributed by atoms with Crippen LogP contribution in [0.2, 0.25) is 5.02 Å². The molecule has 2 aromatic carbocycles. The number of nitrogens with one attached hydrogen (secondary N) is 1. The number of hydrogen-bond acceptors (Lipinski definition) is 2. The molecule has 1 heterocycles. The van der Waals surface area contributed by atoms with Gasteiger partial charge >= 0.3 is 0 Å². The zero-order chi connectivity index (χ0) is 16.2. The Hall–Kier alpha value is -2.00. The Balaban J connectivity index is 1.86. The highest BCUT2D eigenvalue weighted by Gasteiger charge is 2.17. The van der Waals surface area contributed by atoms with Crippen LogP contribution in [-0.4, -0.2) is 19.0 Å². The third-order valence-electron chi connectivity index (χ3n) is 4.18. The third-order valence-corrected chi connectivity index (χ3v) is 4.42. The van der Waals surface area contributed by atoms with Gasteiger partial charge in [0.15, 0.2) is 0 Å². The van der Waals surface area contributed by atoms with E-state index in [2.05, 4.69) is 10.2 Å². The van der Waals surface area contributed by atoms with E-state index in [-0.39, 0.29) is 5.91 Å². The highest BCUT2D eigenvalue weighted by Crippen LogP contribution is 2.31. The van der Waals surface area contributed by atoms with Gasteiger partial charge in [-0.2, -0.15) is 0 Å². The summed E-state index contributed by atoms with van der Waals surface area (Å²) in [6, 6.07) is 13.3. The monoisotopic (exact) mass is 328 g/mol. The molecule has 0 spiro atoms. The zero-order valence-electron chi connectivity index (χ0n) is 13.3. The molecule has 0 radical (unpaired) electrons. The Kier molecular flexibility index (Phi) is 4.87. The van der Waals surface area contributed by atoms with Gasteiger partial charge in [-0.05, 0) is 56.5 Å². The summed E-state index contributed by atoms with van der Waals surface area (Å²) in [4.78, 5) is 14.9. The van der Waals surface area contributed by atoms with Crippen molar-refractivity contribution in [1.29, 1.82) is 0 Å². The van der Waals surface area contributed by atoms with Gasteiger partial charge in [0.1, 0.15) is 0 Å². The van der Waals surface area contributed by atoms with Gasteiger partial charge in [0, 0.05) is 23.7 Å². The molecule has 1 aliphatic rings. The number of piperidine rings is 1. The summed E-state index contributed by atoms with van der Waals surface area (Å²) in [5.41, 5.74) is 3.57. The second-order valence-corrected chi connectivity index (χ2v) is 6.47. The molecule has 0 bridgehead atoms. The minimum atomic E-state index is -0.103. The van der Waals surface area contributed by atoms with E-state index in [1.54, 1.807) is 0 Å². The first kappa shape index (κ1) is 15.9. The van der Waals surface area contributed by atoms with E-state index in [0.717, 1.165) is 30.0 Å².